The molecule has 1 N–H and O–H groups in total. The molecule has 0 aliphatic carbocycles. The van der Waals surface area contributed by atoms with Gasteiger partial charge in [-0.05, 0) is 11.6 Å². The van der Waals surface area contributed by atoms with E-state index in [1.807, 2.05) is 0 Å². The number of nitrogens with one attached hydrogen (secondary N) is 1. The number of carbonyl (C=O) groups is 1. The van der Waals surface area contributed by atoms with Crippen molar-refractivity contribution < 1.29 is 4.79 Å². The molecule has 0 aliphatic heterocycles. The van der Waals surface area contributed by atoms with Gasteiger partial charge in [-0.3, -0.25) is 4.79 Å². The van der Waals surface area contributed by atoms with E-state index in [0.717, 1.165) is 0 Å². The van der Waals surface area contributed by atoms with E-state index in [-0.39, 0.29) is 5.82 Å². The fraction of sp³-hybridized carbons (Fsp3) is 0. The van der Waals surface area contributed by atoms with Gasteiger partial charge >= 0.3 is 0 Å². The summed E-state index contributed by atoms with van der Waals surface area (Å²) in [4.78, 5) is 16.3. The standard InChI is InChI=1S/C4H3ClN2O/c5-3(8)4-6-1-2-7-4/h1-2H,(H,6,7). The molecular formula is C4H3ClN2O. The summed E-state index contributed by atoms with van der Waals surface area (Å²) in [5.74, 6) is 0.187. The van der Waals surface area contributed by atoms with Crippen LogP contribution in [0, 0.1) is 0 Å². The molecule has 0 fully saturated rings. The summed E-state index contributed by atoms with van der Waals surface area (Å²) in [6, 6.07) is 0. The third-order valence-corrected chi connectivity index (χ3v) is 0.863. The van der Waals surface area contributed by atoms with Crippen molar-refractivity contribution in [2.75, 3.05) is 0 Å². The van der Waals surface area contributed by atoms with Crippen molar-refractivity contribution in [2.45, 2.75) is 0 Å². The second-order valence-electron chi connectivity index (χ2n) is 1.21. The van der Waals surface area contributed by atoms with Crippen LogP contribution in [0.5, 0.6) is 0 Å². The Morgan fingerprint density at radius 1 is 1.88 bits per heavy atom. The average Bonchev–Trinajstić information content (AvgIpc) is 2.12. The van der Waals surface area contributed by atoms with Crippen LogP contribution in [0.25, 0.3) is 0 Å². The van der Waals surface area contributed by atoms with E-state index in [0.29, 0.717) is 0 Å². The molecule has 42 valence electrons. The number of halogens is 1. The molecule has 4 heteroatoms. The Bertz CT molecular complexity index is 182. The number of aromatic amines is 1. The van der Waals surface area contributed by atoms with Crippen LogP contribution in [0.15, 0.2) is 12.4 Å². The Labute approximate surface area is 50.7 Å². The largest absolute Gasteiger partial charge is 0.341 e. The van der Waals surface area contributed by atoms with Crippen molar-refractivity contribution in [1.82, 2.24) is 9.97 Å². The van der Waals surface area contributed by atoms with Crippen molar-refractivity contribution in [3.63, 3.8) is 0 Å². The molecule has 1 aromatic rings. The minimum Gasteiger partial charge on any atom is -0.341 e. The van der Waals surface area contributed by atoms with Crippen LogP contribution < -0.4 is 0 Å². The maximum Gasteiger partial charge on any atom is 0.287 e. The van der Waals surface area contributed by atoms with Gasteiger partial charge in [-0.25, -0.2) is 4.98 Å². The van der Waals surface area contributed by atoms with Gasteiger partial charge in [-0.2, -0.15) is 0 Å². The molecule has 1 heterocycles. The van der Waals surface area contributed by atoms with E-state index in [1.54, 1.807) is 0 Å². The first kappa shape index (κ1) is 5.31. The molecule has 0 unspecified atom stereocenters. The van der Waals surface area contributed by atoms with Gasteiger partial charge in [-0.1, -0.05) is 0 Å². The summed E-state index contributed by atoms with van der Waals surface area (Å²) >= 11 is 5.01. The minimum atomic E-state index is -0.560. The van der Waals surface area contributed by atoms with Crippen LogP contribution in [0.3, 0.4) is 0 Å². The Balaban J connectivity index is 2.93. The summed E-state index contributed by atoms with van der Waals surface area (Å²) < 4.78 is 0. The van der Waals surface area contributed by atoms with Gasteiger partial charge in [-0.15, -0.1) is 0 Å². The molecular weight excluding hydrogens is 128 g/mol. The predicted molar refractivity (Wildman–Crippen MR) is 28.8 cm³/mol. The van der Waals surface area contributed by atoms with E-state index < -0.39 is 5.24 Å². The lowest BCUT2D eigenvalue weighted by Gasteiger charge is -1.77. The molecule has 0 aromatic carbocycles. The Kier molecular flexibility index (Phi) is 1.30. The zero-order chi connectivity index (χ0) is 5.98. The first-order valence-electron chi connectivity index (χ1n) is 2.00. The highest BCUT2D eigenvalue weighted by atomic mass is 35.5. The molecule has 0 saturated heterocycles. The molecule has 3 nitrogen and oxygen atoms in total. The maximum absolute atomic E-state index is 10.2. The van der Waals surface area contributed by atoms with Crippen molar-refractivity contribution in [3.05, 3.63) is 18.2 Å². The number of rotatable bonds is 1. The Morgan fingerprint density at radius 2 is 2.62 bits per heavy atom. The molecule has 0 amide bonds. The zero-order valence-electron chi connectivity index (χ0n) is 3.89. The van der Waals surface area contributed by atoms with Crippen molar-refractivity contribution in [2.24, 2.45) is 0 Å². The number of aromatic nitrogens is 2. The minimum absolute atomic E-state index is 0.187. The van der Waals surface area contributed by atoms with E-state index in [2.05, 4.69) is 9.97 Å². The number of hydrogen-bond acceptors (Lipinski definition) is 2. The molecule has 0 aliphatic rings. The van der Waals surface area contributed by atoms with Crippen LogP contribution in [0.2, 0.25) is 0 Å². The molecule has 0 spiro atoms. The number of H-pyrrole nitrogens is 1. The zero-order valence-corrected chi connectivity index (χ0v) is 4.64. The summed E-state index contributed by atoms with van der Waals surface area (Å²) in [6.07, 6.45) is 3.01. The summed E-state index contributed by atoms with van der Waals surface area (Å²) in [7, 11) is 0. The lowest BCUT2D eigenvalue weighted by atomic mass is 10.7. The first-order chi connectivity index (χ1) is 3.80. The highest BCUT2D eigenvalue weighted by Crippen LogP contribution is 1.92. The second kappa shape index (κ2) is 1.96. The van der Waals surface area contributed by atoms with Gasteiger partial charge in [0.15, 0.2) is 5.82 Å². The van der Waals surface area contributed by atoms with E-state index in [4.69, 9.17) is 11.6 Å². The predicted octanol–water partition coefficient (Wildman–Crippen LogP) is 0.789. The second-order valence-corrected chi connectivity index (χ2v) is 1.55. The lowest BCUT2D eigenvalue weighted by Crippen LogP contribution is -1.89. The molecule has 0 radical (unpaired) electrons. The third-order valence-electron chi connectivity index (χ3n) is 0.684. The number of nitrogens with zero attached hydrogens (tertiary/aromatic N) is 1. The highest BCUT2D eigenvalue weighted by Gasteiger charge is 1.99. The molecule has 0 saturated carbocycles. The third kappa shape index (κ3) is 0.869. The lowest BCUT2D eigenvalue weighted by molar-refractivity contribution is 0.107. The quantitative estimate of drug-likeness (QED) is 0.572. The Morgan fingerprint density at radius 3 is 2.88 bits per heavy atom. The number of hydrogen-bond donors (Lipinski definition) is 1. The normalized spacial score (nSPS) is 9.12. The summed E-state index contributed by atoms with van der Waals surface area (Å²) in [5.41, 5.74) is 0. The van der Waals surface area contributed by atoms with Crippen molar-refractivity contribution >= 4 is 16.8 Å². The molecule has 1 rings (SSSR count). The summed E-state index contributed by atoms with van der Waals surface area (Å²) in [5, 5.41) is -0.560. The SMILES string of the molecule is O=C(Cl)c1ncc[nH]1. The molecule has 0 bridgehead atoms. The van der Waals surface area contributed by atoms with Gasteiger partial charge in [0, 0.05) is 12.4 Å². The fourth-order valence-corrected chi connectivity index (χ4v) is 0.476. The highest BCUT2D eigenvalue weighted by molar-refractivity contribution is 6.67. The van der Waals surface area contributed by atoms with Gasteiger partial charge in [0.25, 0.3) is 5.24 Å². The monoisotopic (exact) mass is 130 g/mol. The van der Waals surface area contributed by atoms with E-state index >= 15 is 0 Å². The Hall–Kier alpha value is -0.830. The fourth-order valence-electron chi connectivity index (χ4n) is 0.373. The summed E-state index contributed by atoms with van der Waals surface area (Å²) in [6.45, 7) is 0. The van der Waals surface area contributed by atoms with Crippen molar-refractivity contribution in [1.29, 1.82) is 0 Å². The van der Waals surface area contributed by atoms with Gasteiger partial charge in [0.05, 0.1) is 0 Å². The van der Waals surface area contributed by atoms with Crippen LogP contribution in [0.4, 0.5) is 0 Å². The molecule has 8 heavy (non-hydrogen) atoms. The molecule has 1 aromatic heterocycles. The van der Waals surface area contributed by atoms with Crippen molar-refractivity contribution in [3.8, 4) is 0 Å². The topological polar surface area (TPSA) is 45.8 Å². The van der Waals surface area contributed by atoms with Crippen LogP contribution in [0.1, 0.15) is 10.6 Å². The average molecular weight is 131 g/mol. The number of imidazole rings is 1. The van der Waals surface area contributed by atoms with Crippen LogP contribution >= 0.6 is 11.6 Å². The van der Waals surface area contributed by atoms with Gasteiger partial charge < -0.3 is 4.98 Å². The first-order valence-corrected chi connectivity index (χ1v) is 2.37. The number of carbonyl (C=O) groups excluding carboxylic acids is 1. The molecule has 0 atom stereocenters. The van der Waals surface area contributed by atoms with Gasteiger partial charge in [0.1, 0.15) is 0 Å². The van der Waals surface area contributed by atoms with Gasteiger partial charge in [0.2, 0.25) is 0 Å². The van der Waals surface area contributed by atoms with E-state index in [1.165, 1.54) is 12.4 Å². The smallest absolute Gasteiger partial charge is 0.287 e. The van der Waals surface area contributed by atoms with E-state index in [9.17, 15) is 4.79 Å². The maximum atomic E-state index is 10.2. The van der Waals surface area contributed by atoms with Crippen LogP contribution in [-0.2, 0) is 0 Å². The van der Waals surface area contributed by atoms with Crippen LogP contribution in [-0.4, -0.2) is 15.2 Å².